The minimum atomic E-state index is 0.644. The highest BCUT2D eigenvalue weighted by Gasteiger charge is 2.24. The molecule has 0 spiro atoms. The molecule has 5 heteroatoms. The molecule has 3 heterocycles. The molecule has 3 aromatic rings. The van der Waals surface area contributed by atoms with Gasteiger partial charge >= 0.3 is 0 Å². The van der Waals surface area contributed by atoms with Gasteiger partial charge in [-0.1, -0.05) is 20.8 Å². The summed E-state index contributed by atoms with van der Waals surface area (Å²) in [5, 5.41) is 2.42. The van der Waals surface area contributed by atoms with Gasteiger partial charge in [0.15, 0.2) is 0 Å². The minimum Gasteiger partial charge on any atom is -0.242 e. The number of aryl methyl sites for hydroxylation is 1. The van der Waals surface area contributed by atoms with E-state index in [4.69, 9.17) is 4.98 Å². The molecule has 0 bridgehead atoms. The SMILES string of the molecule is CCSc1ncnc2c1sc1nc(CC(C)C)c3c(c12)CCC3. The maximum absolute atomic E-state index is 5.07. The van der Waals surface area contributed by atoms with Crippen LogP contribution in [0.5, 0.6) is 0 Å². The summed E-state index contributed by atoms with van der Waals surface area (Å²) < 4.78 is 1.22. The van der Waals surface area contributed by atoms with Crippen LogP contribution < -0.4 is 0 Å². The lowest BCUT2D eigenvalue weighted by molar-refractivity contribution is 0.632. The molecule has 23 heavy (non-hydrogen) atoms. The Bertz CT molecular complexity index is 883. The van der Waals surface area contributed by atoms with Gasteiger partial charge in [-0.25, -0.2) is 15.0 Å². The van der Waals surface area contributed by atoms with Crippen LogP contribution in [0.4, 0.5) is 0 Å². The molecule has 0 atom stereocenters. The molecule has 0 N–H and O–H groups in total. The monoisotopic (exact) mass is 343 g/mol. The topological polar surface area (TPSA) is 38.7 Å². The van der Waals surface area contributed by atoms with Gasteiger partial charge in [0.05, 0.1) is 10.2 Å². The fraction of sp³-hybridized carbons (Fsp3) is 0.500. The van der Waals surface area contributed by atoms with Crippen molar-refractivity contribution in [1.29, 1.82) is 0 Å². The van der Waals surface area contributed by atoms with Crippen molar-refractivity contribution in [1.82, 2.24) is 15.0 Å². The predicted molar refractivity (Wildman–Crippen MR) is 99.7 cm³/mol. The van der Waals surface area contributed by atoms with Crippen molar-refractivity contribution in [3.05, 3.63) is 23.1 Å². The van der Waals surface area contributed by atoms with E-state index in [1.807, 2.05) is 0 Å². The van der Waals surface area contributed by atoms with Crippen LogP contribution in [0.3, 0.4) is 0 Å². The van der Waals surface area contributed by atoms with Crippen LogP contribution in [0.25, 0.3) is 20.4 Å². The first-order valence-electron chi connectivity index (χ1n) is 8.39. The summed E-state index contributed by atoms with van der Waals surface area (Å²) in [6, 6.07) is 0. The van der Waals surface area contributed by atoms with Crippen LogP contribution in [0.1, 0.15) is 44.0 Å². The summed E-state index contributed by atoms with van der Waals surface area (Å²) in [6.45, 7) is 6.72. The Balaban J connectivity index is 2.02. The number of thiophene rings is 1. The predicted octanol–water partition coefficient (Wildman–Crippen LogP) is 5.04. The van der Waals surface area contributed by atoms with Gasteiger partial charge in [0.25, 0.3) is 0 Å². The molecular weight excluding hydrogens is 322 g/mol. The summed E-state index contributed by atoms with van der Waals surface area (Å²) in [4.78, 5) is 15.3. The van der Waals surface area contributed by atoms with Gasteiger partial charge in [-0.3, -0.25) is 0 Å². The highest BCUT2D eigenvalue weighted by atomic mass is 32.2. The molecule has 0 radical (unpaired) electrons. The van der Waals surface area contributed by atoms with E-state index in [1.54, 1.807) is 29.4 Å². The van der Waals surface area contributed by atoms with E-state index < -0.39 is 0 Å². The Hall–Kier alpha value is -1.20. The van der Waals surface area contributed by atoms with Crippen molar-refractivity contribution < 1.29 is 0 Å². The van der Waals surface area contributed by atoms with Gasteiger partial charge in [-0.15, -0.1) is 23.1 Å². The molecule has 3 nitrogen and oxygen atoms in total. The largest absolute Gasteiger partial charge is 0.242 e. The van der Waals surface area contributed by atoms with Crippen LogP contribution >= 0.6 is 23.1 Å². The second kappa shape index (κ2) is 6.02. The summed E-state index contributed by atoms with van der Waals surface area (Å²) in [5.41, 5.74) is 5.47. The molecule has 1 aliphatic rings. The number of rotatable bonds is 4. The maximum Gasteiger partial charge on any atom is 0.126 e. The molecule has 1 aliphatic carbocycles. The Labute approximate surface area is 144 Å². The fourth-order valence-electron chi connectivity index (χ4n) is 3.55. The average molecular weight is 344 g/mol. The number of nitrogens with zero attached hydrogens (tertiary/aromatic N) is 3. The second-order valence-electron chi connectivity index (χ2n) is 6.54. The van der Waals surface area contributed by atoms with E-state index in [9.17, 15) is 0 Å². The normalized spacial score (nSPS) is 14.3. The number of hydrogen-bond acceptors (Lipinski definition) is 5. The molecule has 0 aromatic carbocycles. The van der Waals surface area contributed by atoms with E-state index in [-0.39, 0.29) is 0 Å². The molecule has 0 amide bonds. The zero-order valence-corrected chi connectivity index (χ0v) is 15.5. The molecule has 4 rings (SSSR count). The van der Waals surface area contributed by atoms with Gasteiger partial charge in [-0.2, -0.15) is 0 Å². The highest BCUT2D eigenvalue weighted by molar-refractivity contribution is 7.99. The van der Waals surface area contributed by atoms with Gasteiger partial charge in [-0.05, 0) is 48.5 Å². The van der Waals surface area contributed by atoms with Crippen LogP contribution in [0.2, 0.25) is 0 Å². The zero-order valence-electron chi connectivity index (χ0n) is 13.8. The van der Waals surface area contributed by atoms with Crippen LogP contribution in [-0.4, -0.2) is 20.7 Å². The third-order valence-corrected chi connectivity index (χ3v) is 6.49. The van der Waals surface area contributed by atoms with Crippen LogP contribution in [0.15, 0.2) is 11.4 Å². The Kier molecular flexibility index (Phi) is 4.01. The minimum absolute atomic E-state index is 0.644. The number of pyridine rings is 1. The Morgan fingerprint density at radius 2 is 2.04 bits per heavy atom. The third kappa shape index (κ3) is 2.54. The highest BCUT2D eigenvalue weighted by Crippen LogP contribution is 2.42. The number of aromatic nitrogens is 3. The van der Waals surface area contributed by atoms with Crippen molar-refractivity contribution in [3.8, 4) is 0 Å². The quantitative estimate of drug-likeness (QED) is 0.491. The van der Waals surface area contributed by atoms with E-state index >= 15 is 0 Å². The van der Waals surface area contributed by atoms with Crippen LogP contribution in [-0.2, 0) is 19.3 Å². The smallest absolute Gasteiger partial charge is 0.126 e. The van der Waals surface area contributed by atoms with Crippen molar-refractivity contribution in [2.24, 2.45) is 5.92 Å². The molecule has 120 valence electrons. The summed E-state index contributed by atoms with van der Waals surface area (Å²) in [7, 11) is 0. The Morgan fingerprint density at radius 1 is 1.22 bits per heavy atom. The lowest BCUT2D eigenvalue weighted by Gasteiger charge is -2.11. The molecule has 0 saturated carbocycles. The van der Waals surface area contributed by atoms with Crippen LogP contribution in [0, 0.1) is 5.92 Å². The van der Waals surface area contributed by atoms with Crippen molar-refractivity contribution in [3.63, 3.8) is 0 Å². The lowest BCUT2D eigenvalue weighted by Crippen LogP contribution is -2.03. The standard InChI is InChI=1S/C18H21N3S2/c1-4-22-18-16-15(19-9-20-18)14-12-7-5-6-11(12)13(8-10(2)3)21-17(14)23-16/h9-10H,4-8H2,1-3H3. The Morgan fingerprint density at radius 3 is 2.83 bits per heavy atom. The number of hydrogen-bond donors (Lipinski definition) is 0. The van der Waals surface area contributed by atoms with E-state index in [0.717, 1.165) is 27.5 Å². The third-order valence-electron chi connectivity index (χ3n) is 4.41. The number of fused-ring (bicyclic) bond motifs is 5. The van der Waals surface area contributed by atoms with Crippen molar-refractivity contribution in [2.45, 2.75) is 51.5 Å². The van der Waals surface area contributed by atoms with Gasteiger partial charge in [0, 0.05) is 11.1 Å². The molecular formula is C18H21N3S2. The van der Waals surface area contributed by atoms with E-state index in [0.29, 0.717) is 5.92 Å². The summed E-state index contributed by atoms with van der Waals surface area (Å²) in [6.07, 6.45) is 6.40. The molecule has 0 saturated heterocycles. The molecule has 0 aliphatic heterocycles. The molecule has 0 unspecified atom stereocenters. The molecule has 0 fully saturated rings. The number of thioether (sulfide) groups is 1. The van der Waals surface area contributed by atoms with Gasteiger partial charge < -0.3 is 0 Å². The van der Waals surface area contributed by atoms with Gasteiger partial charge in [0.2, 0.25) is 0 Å². The first-order valence-corrected chi connectivity index (χ1v) is 10.2. The first kappa shape index (κ1) is 15.3. The van der Waals surface area contributed by atoms with E-state index in [2.05, 4.69) is 30.7 Å². The van der Waals surface area contributed by atoms with Crippen molar-refractivity contribution in [2.75, 3.05) is 5.75 Å². The zero-order chi connectivity index (χ0) is 16.0. The lowest BCUT2D eigenvalue weighted by atomic mass is 9.99. The van der Waals surface area contributed by atoms with Gasteiger partial charge in [0.1, 0.15) is 16.2 Å². The van der Waals surface area contributed by atoms with E-state index in [1.165, 1.54) is 46.2 Å². The molecule has 3 aromatic heterocycles. The average Bonchev–Trinajstić information content (AvgIpc) is 3.11. The van der Waals surface area contributed by atoms with Crippen molar-refractivity contribution >= 4 is 43.5 Å². The first-order chi connectivity index (χ1) is 11.2. The second-order valence-corrected chi connectivity index (χ2v) is 8.79. The summed E-state index contributed by atoms with van der Waals surface area (Å²) in [5.74, 6) is 1.68. The maximum atomic E-state index is 5.07. The fourth-order valence-corrected chi connectivity index (χ4v) is 5.54. The summed E-state index contributed by atoms with van der Waals surface area (Å²) >= 11 is 3.58.